The van der Waals surface area contributed by atoms with Crippen molar-refractivity contribution in [1.29, 1.82) is 0 Å². The molecule has 1 fully saturated rings. The van der Waals surface area contributed by atoms with E-state index in [4.69, 9.17) is 5.11 Å². The largest absolute Gasteiger partial charge is 0.395 e. The summed E-state index contributed by atoms with van der Waals surface area (Å²) in [5.74, 6) is 0. The molecule has 0 bridgehead atoms. The van der Waals surface area contributed by atoms with Gasteiger partial charge in [-0.15, -0.1) is 0 Å². The maximum absolute atomic E-state index is 9.93. The van der Waals surface area contributed by atoms with Crippen molar-refractivity contribution in [3.05, 3.63) is 0 Å². The predicted molar refractivity (Wildman–Crippen MR) is 64.6 cm³/mol. The summed E-state index contributed by atoms with van der Waals surface area (Å²) in [6.45, 7) is 1.89. The SMILES string of the molecule is CCCCCC[C@H](O)[C@H]1N[C@H](CO)[C@@H](O)[C@@H]1O. The molecule has 0 aromatic heterocycles. The molecule has 5 N–H and O–H groups in total. The van der Waals surface area contributed by atoms with Crippen LogP contribution in [0.25, 0.3) is 0 Å². The first kappa shape index (κ1) is 14.9. The number of unbranched alkanes of at least 4 members (excludes halogenated alkanes) is 3. The molecule has 1 rings (SSSR count). The Hall–Kier alpha value is -0.200. The van der Waals surface area contributed by atoms with Gasteiger partial charge >= 0.3 is 0 Å². The van der Waals surface area contributed by atoms with Gasteiger partial charge in [0, 0.05) is 0 Å². The molecule has 0 radical (unpaired) electrons. The maximum Gasteiger partial charge on any atom is 0.0993 e. The Morgan fingerprint density at radius 3 is 2.35 bits per heavy atom. The summed E-state index contributed by atoms with van der Waals surface area (Å²) in [4.78, 5) is 0. The molecule has 17 heavy (non-hydrogen) atoms. The van der Waals surface area contributed by atoms with Crippen LogP contribution in [0.15, 0.2) is 0 Å². The van der Waals surface area contributed by atoms with Gasteiger partial charge in [0.1, 0.15) is 0 Å². The molecule has 102 valence electrons. The van der Waals surface area contributed by atoms with Crippen molar-refractivity contribution in [2.75, 3.05) is 6.61 Å². The first-order valence-electron chi connectivity index (χ1n) is 6.53. The van der Waals surface area contributed by atoms with E-state index in [1.54, 1.807) is 0 Å². The van der Waals surface area contributed by atoms with Gasteiger partial charge in [-0.05, 0) is 6.42 Å². The van der Waals surface area contributed by atoms with Crippen molar-refractivity contribution >= 4 is 0 Å². The molecule has 1 saturated heterocycles. The van der Waals surface area contributed by atoms with Crippen LogP contribution in [0.2, 0.25) is 0 Å². The van der Waals surface area contributed by atoms with Gasteiger partial charge in [-0.3, -0.25) is 0 Å². The van der Waals surface area contributed by atoms with Gasteiger partial charge in [0.15, 0.2) is 0 Å². The van der Waals surface area contributed by atoms with E-state index in [2.05, 4.69) is 12.2 Å². The Kier molecular flexibility index (Phi) is 6.37. The third kappa shape index (κ3) is 3.89. The summed E-state index contributed by atoms with van der Waals surface area (Å²) >= 11 is 0. The van der Waals surface area contributed by atoms with Crippen molar-refractivity contribution in [3.8, 4) is 0 Å². The molecule has 1 heterocycles. The molecule has 0 aromatic carbocycles. The minimum atomic E-state index is -1.01. The normalized spacial score (nSPS) is 35.1. The van der Waals surface area contributed by atoms with E-state index >= 15 is 0 Å². The third-order valence-electron chi connectivity index (χ3n) is 3.50. The number of hydrogen-bond donors (Lipinski definition) is 5. The van der Waals surface area contributed by atoms with Crippen molar-refractivity contribution < 1.29 is 20.4 Å². The second-order valence-electron chi connectivity index (χ2n) is 4.88. The van der Waals surface area contributed by atoms with Crippen LogP contribution < -0.4 is 5.32 Å². The molecule has 0 spiro atoms. The monoisotopic (exact) mass is 247 g/mol. The molecule has 1 aliphatic rings. The lowest BCUT2D eigenvalue weighted by Gasteiger charge is -2.22. The van der Waals surface area contributed by atoms with Crippen molar-refractivity contribution in [2.45, 2.75) is 69.4 Å². The van der Waals surface area contributed by atoms with E-state index in [9.17, 15) is 15.3 Å². The summed E-state index contributed by atoms with van der Waals surface area (Å²) in [6, 6.07) is -1.08. The summed E-state index contributed by atoms with van der Waals surface area (Å²) < 4.78 is 0. The zero-order valence-corrected chi connectivity index (χ0v) is 10.4. The van der Waals surface area contributed by atoms with E-state index < -0.39 is 30.4 Å². The summed E-state index contributed by atoms with van der Waals surface area (Å²) in [7, 11) is 0. The first-order chi connectivity index (χ1) is 8.11. The number of hydrogen-bond acceptors (Lipinski definition) is 5. The lowest BCUT2D eigenvalue weighted by atomic mass is 9.99. The summed E-state index contributed by atoms with van der Waals surface area (Å²) in [5, 5.41) is 41.2. The van der Waals surface area contributed by atoms with Gasteiger partial charge in [-0.2, -0.15) is 0 Å². The van der Waals surface area contributed by atoms with E-state index in [1.807, 2.05) is 0 Å². The third-order valence-corrected chi connectivity index (χ3v) is 3.50. The van der Waals surface area contributed by atoms with Crippen LogP contribution >= 0.6 is 0 Å². The van der Waals surface area contributed by atoms with Crippen LogP contribution in [0, 0.1) is 0 Å². The van der Waals surface area contributed by atoms with Crippen molar-refractivity contribution in [2.24, 2.45) is 0 Å². The predicted octanol–water partition coefficient (Wildman–Crippen LogP) is -0.628. The fraction of sp³-hybridized carbons (Fsp3) is 1.00. The zero-order chi connectivity index (χ0) is 12.8. The molecule has 0 aromatic rings. The number of nitrogens with one attached hydrogen (secondary N) is 1. The minimum Gasteiger partial charge on any atom is -0.395 e. The molecule has 1 aliphatic heterocycles. The van der Waals surface area contributed by atoms with Crippen molar-refractivity contribution in [3.63, 3.8) is 0 Å². The highest BCUT2D eigenvalue weighted by molar-refractivity contribution is 5.00. The topological polar surface area (TPSA) is 93.0 Å². The first-order valence-corrected chi connectivity index (χ1v) is 6.53. The van der Waals surface area contributed by atoms with Gasteiger partial charge in [0.05, 0.1) is 37.0 Å². The Morgan fingerprint density at radius 1 is 1.12 bits per heavy atom. The summed E-state index contributed by atoms with van der Waals surface area (Å²) in [5.41, 5.74) is 0. The van der Waals surface area contributed by atoms with Crippen LogP contribution in [-0.4, -0.2) is 57.4 Å². The van der Waals surface area contributed by atoms with Crippen molar-refractivity contribution in [1.82, 2.24) is 5.32 Å². The number of aliphatic hydroxyl groups excluding tert-OH is 4. The van der Waals surface area contributed by atoms with Gasteiger partial charge in [-0.25, -0.2) is 0 Å². The molecule has 5 heteroatoms. The summed E-state index contributed by atoms with van der Waals surface area (Å²) in [6.07, 6.45) is 2.21. The Bertz CT molecular complexity index is 215. The Balaban J connectivity index is 2.34. The highest BCUT2D eigenvalue weighted by Crippen LogP contribution is 2.20. The standard InChI is InChI=1S/C12H25NO4/c1-2-3-4-5-6-9(15)10-12(17)11(16)8(7-14)13-10/h8-17H,2-7H2,1H3/t8-,9+,10-,11-,12-/m1/s1. The molecule has 0 saturated carbocycles. The molecule has 0 aliphatic carbocycles. The maximum atomic E-state index is 9.93. The van der Waals surface area contributed by atoms with E-state index in [0.717, 1.165) is 25.7 Å². The fourth-order valence-corrected chi connectivity index (χ4v) is 2.35. The Morgan fingerprint density at radius 2 is 1.82 bits per heavy atom. The van der Waals surface area contributed by atoms with E-state index in [-0.39, 0.29) is 6.61 Å². The van der Waals surface area contributed by atoms with Crippen LogP contribution in [0.5, 0.6) is 0 Å². The van der Waals surface area contributed by atoms with Crippen LogP contribution in [0.4, 0.5) is 0 Å². The second kappa shape index (κ2) is 7.28. The van der Waals surface area contributed by atoms with Gasteiger partial charge in [-0.1, -0.05) is 32.6 Å². The van der Waals surface area contributed by atoms with Gasteiger partial charge in [0.2, 0.25) is 0 Å². The molecular weight excluding hydrogens is 222 g/mol. The molecular formula is C12H25NO4. The number of aliphatic hydroxyl groups is 4. The van der Waals surface area contributed by atoms with E-state index in [1.165, 1.54) is 0 Å². The Labute approximate surface area is 102 Å². The molecule has 0 amide bonds. The molecule has 5 nitrogen and oxygen atoms in total. The second-order valence-corrected chi connectivity index (χ2v) is 4.88. The highest BCUT2D eigenvalue weighted by atomic mass is 16.3. The van der Waals surface area contributed by atoms with Crippen LogP contribution in [-0.2, 0) is 0 Å². The average Bonchev–Trinajstić information content (AvgIpc) is 2.61. The molecule has 0 unspecified atom stereocenters. The zero-order valence-electron chi connectivity index (χ0n) is 10.4. The highest BCUT2D eigenvalue weighted by Gasteiger charge is 2.43. The number of rotatable bonds is 7. The fourth-order valence-electron chi connectivity index (χ4n) is 2.35. The van der Waals surface area contributed by atoms with E-state index in [0.29, 0.717) is 6.42 Å². The quantitative estimate of drug-likeness (QED) is 0.386. The smallest absolute Gasteiger partial charge is 0.0993 e. The minimum absolute atomic E-state index is 0.239. The van der Waals surface area contributed by atoms with Crippen LogP contribution in [0.3, 0.4) is 0 Å². The lowest BCUT2D eigenvalue weighted by molar-refractivity contribution is -0.00442. The molecule has 5 atom stereocenters. The average molecular weight is 247 g/mol. The lowest BCUT2D eigenvalue weighted by Crippen LogP contribution is -2.44. The van der Waals surface area contributed by atoms with Gasteiger partial charge in [0.25, 0.3) is 0 Å². The van der Waals surface area contributed by atoms with Gasteiger partial charge < -0.3 is 25.7 Å². The van der Waals surface area contributed by atoms with Crippen LogP contribution in [0.1, 0.15) is 39.0 Å².